The summed E-state index contributed by atoms with van der Waals surface area (Å²) in [5.74, 6) is -3.43. The molecule has 3 rings (SSSR count). The molecule has 3 aromatic rings. The van der Waals surface area contributed by atoms with Crippen molar-refractivity contribution in [2.24, 2.45) is 0 Å². The zero-order valence-corrected chi connectivity index (χ0v) is 13.3. The number of carbonyl (C=O) groups excluding carboxylic acids is 2. The van der Waals surface area contributed by atoms with Gasteiger partial charge in [0.05, 0.1) is 12.7 Å². The quantitative estimate of drug-likeness (QED) is 0.682. The maximum Gasteiger partial charge on any atom is 0.310 e. The highest BCUT2D eigenvalue weighted by molar-refractivity contribution is 5.93. The van der Waals surface area contributed by atoms with Crippen LogP contribution in [0.4, 0.5) is 14.5 Å². The third-order valence-electron chi connectivity index (χ3n) is 3.57. The van der Waals surface area contributed by atoms with Crippen molar-refractivity contribution in [2.45, 2.75) is 6.42 Å². The van der Waals surface area contributed by atoms with Crippen LogP contribution >= 0.6 is 0 Å². The second-order valence-electron chi connectivity index (χ2n) is 5.42. The van der Waals surface area contributed by atoms with Crippen LogP contribution in [0.15, 0.2) is 47.1 Å². The Labute approximate surface area is 146 Å². The molecule has 0 aliphatic carbocycles. The van der Waals surface area contributed by atoms with Crippen LogP contribution in [0.2, 0.25) is 0 Å². The fourth-order valence-corrected chi connectivity index (χ4v) is 2.35. The maximum absolute atomic E-state index is 13.4. The molecule has 2 N–H and O–H groups in total. The third-order valence-corrected chi connectivity index (χ3v) is 3.57. The van der Waals surface area contributed by atoms with Gasteiger partial charge < -0.3 is 19.6 Å². The number of hydrogen-bond donors (Lipinski definition) is 2. The first kappa shape index (κ1) is 17.4. The predicted molar refractivity (Wildman–Crippen MR) is 87.5 cm³/mol. The Morgan fingerprint density at radius 3 is 2.62 bits per heavy atom. The molecule has 0 bridgehead atoms. The molecule has 1 amide bonds. The molecular formula is C18H13F2NO5. The molecule has 6 nitrogen and oxygen atoms in total. The number of ether oxygens (including phenoxy) is 1. The number of esters is 1. The smallest absolute Gasteiger partial charge is 0.310 e. The molecule has 0 saturated carbocycles. The fourth-order valence-electron chi connectivity index (χ4n) is 2.35. The van der Waals surface area contributed by atoms with E-state index in [0.717, 1.165) is 18.2 Å². The normalized spacial score (nSPS) is 10.7. The van der Waals surface area contributed by atoms with Crippen molar-refractivity contribution in [2.75, 3.05) is 11.9 Å². The Bertz CT molecular complexity index is 963. The molecule has 8 heteroatoms. The minimum absolute atomic E-state index is 0.0259. The molecule has 0 fully saturated rings. The van der Waals surface area contributed by atoms with Crippen molar-refractivity contribution in [3.63, 3.8) is 0 Å². The van der Waals surface area contributed by atoms with Crippen molar-refractivity contribution in [1.82, 2.24) is 0 Å². The number of para-hydroxylation sites is 1. The van der Waals surface area contributed by atoms with E-state index in [1.165, 1.54) is 18.4 Å². The Kier molecular flexibility index (Phi) is 4.83. The van der Waals surface area contributed by atoms with Crippen LogP contribution in [0.3, 0.4) is 0 Å². The Hall–Kier alpha value is -3.42. The molecule has 26 heavy (non-hydrogen) atoms. The Morgan fingerprint density at radius 1 is 1.15 bits per heavy atom. The number of furan rings is 1. The standard InChI is InChI=1S/C18H13F2NO5/c19-13-2-1-3-14(20)18(13)21-16(23)9-26-17(24)6-10-8-25-15-7-11(22)4-5-12(10)15/h1-5,7-8,22H,6,9H2,(H,21,23). The maximum atomic E-state index is 13.4. The highest BCUT2D eigenvalue weighted by Crippen LogP contribution is 2.25. The van der Waals surface area contributed by atoms with Crippen molar-refractivity contribution in [3.05, 3.63) is 59.9 Å². The Morgan fingerprint density at radius 2 is 1.88 bits per heavy atom. The highest BCUT2D eigenvalue weighted by Gasteiger charge is 2.15. The first-order chi connectivity index (χ1) is 12.4. The van der Waals surface area contributed by atoms with E-state index in [-0.39, 0.29) is 12.2 Å². The van der Waals surface area contributed by atoms with E-state index in [1.807, 2.05) is 5.32 Å². The molecule has 134 valence electrons. The second kappa shape index (κ2) is 7.22. The van der Waals surface area contributed by atoms with Gasteiger partial charge in [-0.2, -0.15) is 0 Å². The number of aromatic hydroxyl groups is 1. The van der Waals surface area contributed by atoms with E-state index in [1.54, 1.807) is 6.07 Å². The fraction of sp³-hybridized carbons (Fsp3) is 0.111. The summed E-state index contributed by atoms with van der Waals surface area (Å²) in [6, 6.07) is 7.59. The molecule has 0 atom stereocenters. The molecular weight excluding hydrogens is 348 g/mol. The van der Waals surface area contributed by atoms with Gasteiger partial charge in [-0.25, -0.2) is 8.78 Å². The van der Waals surface area contributed by atoms with Crippen LogP contribution < -0.4 is 5.32 Å². The summed E-state index contributed by atoms with van der Waals surface area (Å²) < 4.78 is 36.9. The molecule has 0 saturated heterocycles. The number of phenolic OH excluding ortho intramolecular Hbond substituents is 1. The van der Waals surface area contributed by atoms with Crippen LogP contribution in [0.25, 0.3) is 11.0 Å². The molecule has 0 unspecified atom stereocenters. The summed E-state index contributed by atoms with van der Waals surface area (Å²) in [5, 5.41) is 12.0. The number of carbonyl (C=O) groups is 2. The van der Waals surface area contributed by atoms with Crippen LogP contribution in [0.1, 0.15) is 5.56 Å². The molecule has 0 radical (unpaired) electrons. The van der Waals surface area contributed by atoms with Crippen LogP contribution in [0.5, 0.6) is 5.75 Å². The lowest BCUT2D eigenvalue weighted by atomic mass is 10.1. The molecule has 2 aromatic carbocycles. The van der Waals surface area contributed by atoms with Gasteiger partial charge in [0.2, 0.25) is 0 Å². The van der Waals surface area contributed by atoms with Crippen LogP contribution in [-0.4, -0.2) is 23.6 Å². The topological polar surface area (TPSA) is 88.8 Å². The molecule has 0 aliphatic heterocycles. The summed E-state index contributed by atoms with van der Waals surface area (Å²) in [5.41, 5.74) is 0.320. The average molecular weight is 361 g/mol. The highest BCUT2D eigenvalue weighted by atomic mass is 19.1. The van der Waals surface area contributed by atoms with E-state index >= 15 is 0 Å². The van der Waals surface area contributed by atoms with Crippen molar-refractivity contribution in [3.8, 4) is 5.75 Å². The largest absolute Gasteiger partial charge is 0.508 e. The number of phenols is 1. The molecule has 0 aliphatic rings. The number of rotatable bonds is 5. The molecule has 0 spiro atoms. The third kappa shape index (κ3) is 3.80. The van der Waals surface area contributed by atoms with Gasteiger partial charge in [0.25, 0.3) is 5.91 Å². The van der Waals surface area contributed by atoms with E-state index in [4.69, 9.17) is 9.15 Å². The van der Waals surface area contributed by atoms with E-state index in [2.05, 4.69) is 0 Å². The first-order valence-electron chi connectivity index (χ1n) is 7.52. The molecule has 1 aromatic heterocycles. The van der Waals surface area contributed by atoms with Gasteiger partial charge in [0.15, 0.2) is 6.61 Å². The number of benzene rings is 2. The van der Waals surface area contributed by atoms with Gasteiger partial charge in [0.1, 0.15) is 28.7 Å². The van der Waals surface area contributed by atoms with E-state index < -0.39 is 35.8 Å². The van der Waals surface area contributed by atoms with Gasteiger partial charge >= 0.3 is 5.97 Å². The van der Waals surface area contributed by atoms with Crippen LogP contribution in [0, 0.1) is 11.6 Å². The van der Waals surface area contributed by atoms with Crippen molar-refractivity contribution >= 4 is 28.5 Å². The first-order valence-corrected chi connectivity index (χ1v) is 7.52. The summed E-state index contributed by atoms with van der Waals surface area (Å²) in [6.07, 6.45) is 1.18. The molecule has 1 heterocycles. The number of halogens is 2. The van der Waals surface area contributed by atoms with Gasteiger partial charge in [-0.3, -0.25) is 9.59 Å². The van der Waals surface area contributed by atoms with Gasteiger partial charge in [-0.1, -0.05) is 6.07 Å². The van der Waals surface area contributed by atoms with Gasteiger partial charge in [-0.15, -0.1) is 0 Å². The zero-order chi connectivity index (χ0) is 18.7. The number of anilines is 1. The monoisotopic (exact) mass is 361 g/mol. The summed E-state index contributed by atoms with van der Waals surface area (Å²) >= 11 is 0. The minimum atomic E-state index is -0.933. The Balaban J connectivity index is 1.57. The SMILES string of the molecule is O=C(COC(=O)Cc1coc2cc(O)ccc12)Nc1c(F)cccc1F. The average Bonchev–Trinajstić information content (AvgIpc) is 2.98. The summed E-state index contributed by atoms with van der Waals surface area (Å²) in [4.78, 5) is 23.6. The zero-order valence-electron chi connectivity index (χ0n) is 13.3. The number of hydrogen-bond acceptors (Lipinski definition) is 5. The van der Waals surface area contributed by atoms with Gasteiger partial charge in [-0.05, 0) is 24.3 Å². The van der Waals surface area contributed by atoms with Crippen molar-refractivity contribution < 1.29 is 32.6 Å². The lowest BCUT2D eigenvalue weighted by Gasteiger charge is -2.08. The van der Waals surface area contributed by atoms with E-state index in [0.29, 0.717) is 16.5 Å². The summed E-state index contributed by atoms with van der Waals surface area (Å²) in [7, 11) is 0. The lowest BCUT2D eigenvalue weighted by Crippen LogP contribution is -2.22. The second-order valence-corrected chi connectivity index (χ2v) is 5.42. The van der Waals surface area contributed by atoms with E-state index in [9.17, 15) is 23.5 Å². The van der Waals surface area contributed by atoms with Crippen molar-refractivity contribution in [1.29, 1.82) is 0 Å². The van der Waals surface area contributed by atoms with Gasteiger partial charge in [0, 0.05) is 17.0 Å². The van der Waals surface area contributed by atoms with Crippen LogP contribution in [-0.2, 0) is 20.7 Å². The minimum Gasteiger partial charge on any atom is -0.508 e. The number of nitrogens with one attached hydrogen (secondary N) is 1. The number of amides is 1. The lowest BCUT2D eigenvalue weighted by molar-refractivity contribution is -0.146. The predicted octanol–water partition coefficient (Wildman–Crippen LogP) is 3.14. The number of fused-ring (bicyclic) bond motifs is 1. The summed E-state index contributed by atoms with van der Waals surface area (Å²) in [6.45, 7) is -0.691.